The number of benzene rings is 2. The first-order valence-corrected chi connectivity index (χ1v) is 12.7. The second kappa shape index (κ2) is 7.40. The minimum Gasteiger partial charge on any atom is -0.544 e. The fourth-order valence-corrected chi connectivity index (χ4v) is 3.66. The fourth-order valence-electron chi connectivity index (χ4n) is 2.82. The molecule has 0 aliphatic heterocycles. The van der Waals surface area contributed by atoms with Crippen LogP contribution in [-0.4, -0.2) is 14.5 Å². The third-order valence-corrected chi connectivity index (χ3v) is 5.08. The number of hydrogen-bond donors (Lipinski definition) is 0. The van der Waals surface area contributed by atoms with E-state index in [4.69, 9.17) is 9.42 Å². The first-order chi connectivity index (χ1) is 11.9. The van der Waals surface area contributed by atoms with Crippen molar-refractivity contribution in [1.29, 1.82) is 0 Å². The summed E-state index contributed by atoms with van der Waals surface area (Å²) in [5, 5.41) is 0. The lowest BCUT2D eigenvalue weighted by Crippen LogP contribution is -2.31. The Morgan fingerprint density at radius 2 is 1.46 bits per heavy atom. The molecule has 0 bridgehead atoms. The van der Waals surface area contributed by atoms with Gasteiger partial charge in [-0.1, -0.05) is 63.2 Å². The lowest BCUT2D eigenvalue weighted by Gasteiger charge is -2.29. The van der Waals surface area contributed by atoms with E-state index in [0.717, 1.165) is 11.3 Å². The van der Waals surface area contributed by atoms with Crippen LogP contribution in [0.2, 0.25) is 19.6 Å². The molecule has 140 valence electrons. The molecule has 0 unspecified atom stereocenters. The minimum atomic E-state index is -1.74. The summed E-state index contributed by atoms with van der Waals surface area (Å²) < 4.78 is 6.51. The van der Waals surface area contributed by atoms with Crippen LogP contribution in [0.4, 0.5) is 0 Å². The van der Waals surface area contributed by atoms with Gasteiger partial charge in [0.15, 0.2) is 0 Å². The van der Waals surface area contributed by atoms with E-state index in [1.54, 1.807) is 0 Å². The number of hydrogen-bond acceptors (Lipinski definition) is 2. The maximum atomic E-state index is 6.51. The molecule has 2 nitrogen and oxygen atoms in total. The van der Waals surface area contributed by atoms with E-state index < -0.39 is 8.32 Å². The van der Waals surface area contributed by atoms with Crippen LogP contribution >= 0.6 is 0 Å². The third-order valence-electron chi connectivity index (χ3n) is 4.27. The van der Waals surface area contributed by atoms with Gasteiger partial charge >= 0.3 is 0 Å². The van der Waals surface area contributed by atoms with Crippen LogP contribution in [0.1, 0.15) is 51.3 Å². The van der Waals surface area contributed by atoms with Crippen LogP contribution in [0.25, 0.3) is 0 Å². The van der Waals surface area contributed by atoms with Gasteiger partial charge < -0.3 is 4.43 Å². The Hall–Kier alpha value is -1.87. The van der Waals surface area contributed by atoms with Crippen LogP contribution in [0.15, 0.2) is 53.5 Å². The van der Waals surface area contributed by atoms with Crippen molar-refractivity contribution in [3.8, 4) is 5.75 Å². The van der Waals surface area contributed by atoms with Gasteiger partial charge in [-0.3, -0.25) is 4.99 Å². The van der Waals surface area contributed by atoms with Gasteiger partial charge in [-0.05, 0) is 56.1 Å². The lowest BCUT2D eigenvalue weighted by molar-refractivity contribution is 0.507. The van der Waals surface area contributed by atoms with Crippen molar-refractivity contribution in [2.45, 2.75) is 65.2 Å². The molecule has 2 aromatic rings. The highest BCUT2D eigenvalue weighted by Crippen LogP contribution is 2.35. The number of aliphatic imine (C=N–C) groups is 1. The quantitative estimate of drug-likeness (QED) is 0.433. The predicted octanol–water partition coefficient (Wildman–Crippen LogP) is 6.55. The summed E-state index contributed by atoms with van der Waals surface area (Å²) in [4.78, 5) is 4.92. The number of para-hydroxylation sites is 1. The van der Waals surface area contributed by atoms with E-state index >= 15 is 0 Å². The zero-order chi connectivity index (χ0) is 19.6. The Labute approximate surface area is 160 Å². The molecule has 0 atom stereocenters. The molecule has 2 rings (SSSR count). The SMILES string of the molecule is CC(C)(C)c1cccc(C=NC(C)(C)c2ccccc2)c1O[Si](C)(C)C. The molecule has 0 aromatic heterocycles. The number of nitrogens with zero attached hydrogens (tertiary/aromatic N) is 1. The molecule has 0 amide bonds. The highest BCUT2D eigenvalue weighted by molar-refractivity contribution is 6.70. The first kappa shape index (κ1) is 20.4. The van der Waals surface area contributed by atoms with Crippen molar-refractivity contribution in [3.63, 3.8) is 0 Å². The van der Waals surface area contributed by atoms with Crippen molar-refractivity contribution in [2.75, 3.05) is 0 Å². The molecule has 26 heavy (non-hydrogen) atoms. The predicted molar refractivity (Wildman–Crippen MR) is 116 cm³/mol. The van der Waals surface area contributed by atoms with Crippen LogP contribution in [0, 0.1) is 0 Å². The van der Waals surface area contributed by atoms with E-state index in [1.165, 1.54) is 11.1 Å². The van der Waals surface area contributed by atoms with Crippen molar-refractivity contribution >= 4 is 14.5 Å². The normalized spacial score (nSPS) is 13.2. The molecule has 0 saturated heterocycles. The summed E-state index contributed by atoms with van der Waals surface area (Å²) in [6.45, 7) is 17.7. The maximum absolute atomic E-state index is 6.51. The highest BCUT2D eigenvalue weighted by atomic mass is 28.4. The summed E-state index contributed by atoms with van der Waals surface area (Å²) in [5.41, 5.74) is 3.24. The molecule has 3 heteroatoms. The van der Waals surface area contributed by atoms with Gasteiger partial charge in [0.25, 0.3) is 0 Å². The molecular weight excluding hydrogens is 334 g/mol. The summed E-state index contributed by atoms with van der Waals surface area (Å²) >= 11 is 0. The largest absolute Gasteiger partial charge is 0.544 e. The maximum Gasteiger partial charge on any atom is 0.242 e. The highest BCUT2D eigenvalue weighted by Gasteiger charge is 2.26. The van der Waals surface area contributed by atoms with Gasteiger partial charge in [-0.15, -0.1) is 0 Å². The average molecular weight is 368 g/mol. The summed E-state index contributed by atoms with van der Waals surface area (Å²) in [6.07, 6.45) is 1.98. The zero-order valence-corrected chi connectivity index (χ0v) is 18.6. The van der Waals surface area contributed by atoms with E-state index in [-0.39, 0.29) is 11.0 Å². The van der Waals surface area contributed by atoms with Crippen molar-refractivity contribution in [2.24, 2.45) is 4.99 Å². The van der Waals surface area contributed by atoms with Gasteiger partial charge in [0, 0.05) is 11.8 Å². The van der Waals surface area contributed by atoms with Crippen LogP contribution in [0.5, 0.6) is 5.75 Å². The van der Waals surface area contributed by atoms with E-state index in [1.807, 2.05) is 12.3 Å². The Morgan fingerprint density at radius 1 is 0.846 bits per heavy atom. The minimum absolute atomic E-state index is 0.0216. The lowest BCUT2D eigenvalue weighted by atomic mass is 9.85. The molecule has 0 aliphatic rings. The molecule has 0 saturated carbocycles. The Balaban J connectivity index is 2.49. The second-order valence-corrected chi connectivity index (χ2v) is 13.8. The zero-order valence-electron chi connectivity index (χ0n) is 17.6. The van der Waals surface area contributed by atoms with Crippen molar-refractivity contribution in [1.82, 2.24) is 0 Å². The van der Waals surface area contributed by atoms with Crippen LogP contribution < -0.4 is 4.43 Å². The first-order valence-electron chi connectivity index (χ1n) is 9.33. The average Bonchev–Trinajstić information content (AvgIpc) is 2.52. The van der Waals surface area contributed by atoms with E-state index in [0.29, 0.717) is 0 Å². The summed E-state index contributed by atoms with van der Waals surface area (Å²) in [6, 6.07) is 16.8. The van der Waals surface area contributed by atoms with Crippen LogP contribution in [0.3, 0.4) is 0 Å². The monoisotopic (exact) mass is 367 g/mol. The molecular formula is C23H33NOSi. The van der Waals surface area contributed by atoms with Crippen molar-refractivity contribution in [3.05, 3.63) is 65.2 Å². The van der Waals surface area contributed by atoms with Gasteiger partial charge in [0.2, 0.25) is 8.32 Å². The smallest absolute Gasteiger partial charge is 0.242 e. The molecule has 2 aromatic carbocycles. The van der Waals surface area contributed by atoms with Crippen molar-refractivity contribution < 1.29 is 4.43 Å². The van der Waals surface area contributed by atoms with Gasteiger partial charge in [-0.25, -0.2) is 0 Å². The Kier molecular flexibility index (Phi) is 5.81. The van der Waals surface area contributed by atoms with Gasteiger partial charge in [0.1, 0.15) is 5.75 Å². The Bertz CT molecular complexity index is 765. The van der Waals surface area contributed by atoms with Crippen LogP contribution in [-0.2, 0) is 11.0 Å². The second-order valence-electron chi connectivity index (χ2n) is 9.37. The molecule has 0 N–H and O–H groups in total. The molecule has 0 spiro atoms. The van der Waals surface area contributed by atoms with Gasteiger partial charge in [0.05, 0.1) is 5.54 Å². The number of rotatable bonds is 5. The molecule has 0 radical (unpaired) electrons. The molecule has 0 fully saturated rings. The standard InChI is InChI=1S/C23H33NOSi/c1-22(2,3)20-16-12-13-18(21(20)25-26(6,7)8)17-24-23(4,5)19-14-10-9-11-15-19/h9-17H,1-8H3. The Morgan fingerprint density at radius 3 is 2.00 bits per heavy atom. The third kappa shape index (κ3) is 5.31. The van der Waals surface area contributed by atoms with Gasteiger partial charge in [-0.2, -0.15) is 0 Å². The summed E-state index contributed by atoms with van der Waals surface area (Å²) in [5.74, 6) is 0.992. The topological polar surface area (TPSA) is 21.6 Å². The summed E-state index contributed by atoms with van der Waals surface area (Å²) in [7, 11) is -1.74. The molecule has 0 aliphatic carbocycles. The molecule has 0 heterocycles. The fraction of sp³-hybridized carbons (Fsp3) is 0.435. The van der Waals surface area contributed by atoms with E-state index in [2.05, 4.69) is 96.7 Å². The van der Waals surface area contributed by atoms with E-state index in [9.17, 15) is 0 Å².